The fraction of sp³-hybridized carbons (Fsp3) is 0.778. The Morgan fingerprint density at radius 1 is 1.42 bits per heavy atom. The van der Waals surface area contributed by atoms with Crippen molar-refractivity contribution < 1.29 is 9.53 Å². The zero-order valence-electron chi connectivity index (χ0n) is 14.4. The Morgan fingerprint density at radius 2 is 2.21 bits per heavy atom. The van der Waals surface area contributed by atoms with Crippen LogP contribution in [-0.4, -0.2) is 66.1 Å². The van der Waals surface area contributed by atoms with Crippen LogP contribution in [0.1, 0.15) is 49.0 Å². The average Bonchev–Trinajstić information content (AvgIpc) is 3.17. The maximum atomic E-state index is 12.9. The van der Waals surface area contributed by atoms with E-state index in [4.69, 9.17) is 4.74 Å². The van der Waals surface area contributed by atoms with E-state index in [0.29, 0.717) is 12.3 Å². The number of likely N-dealkylation sites (tertiary alicyclic amines) is 2. The number of carbonyl (C=O) groups excluding carboxylic acids is 1. The lowest BCUT2D eigenvalue weighted by Gasteiger charge is -2.45. The van der Waals surface area contributed by atoms with Crippen LogP contribution in [0.4, 0.5) is 0 Å². The molecule has 1 aliphatic carbocycles. The number of rotatable bonds is 4. The number of ether oxygens (including phenoxy) is 1. The van der Waals surface area contributed by atoms with Crippen LogP contribution in [-0.2, 0) is 4.74 Å². The minimum atomic E-state index is 0.0802. The van der Waals surface area contributed by atoms with E-state index < -0.39 is 0 Å². The quantitative estimate of drug-likeness (QED) is 0.838. The molecule has 2 saturated heterocycles. The topological polar surface area (TPSA) is 45.7 Å². The van der Waals surface area contributed by atoms with Crippen molar-refractivity contribution in [3.63, 3.8) is 0 Å². The van der Waals surface area contributed by atoms with E-state index >= 15 is 0 Å². The molecule has 1 saturated carbocycles. The van der Waals surface area contributed by atoms with Crippen molar-refractivity contribution in [3.05, 3.63) is 16.6 Å². The summed E-state index contributed by atoms with van der Waals surface area (Å²) in [5.74, 6) is 0.0802. The predicted molar refractivity (Wildman–Crippen MR) is 94.3 cm³/mol. The number of nitrogens with zero attached hydrogens (tertiary/aromatic N) is 3. The Bertz CT molecular complexity index is 565. The first kappa shape index (κ1) is 16.5. The number of carbonyl (C=O) groups is 1. The first-order chi connectivity index (χ1) is 11.7. The summed E-state index contributed by atoms with van der Waals surface area (Å²) >= 11 is 1.48. The first-order valence-corrected chi connectivity index (χ1v) is 10.1. The van der Waals surface area contributed by atoms with Crippen LogP contribution >= 0.6 is 11.3 Å². The van der Waals surface area contributed by atoms with Gasteiger partial charge in [0.1, 0.15) is 5.69 Å². The molecular weight excluding hydrogens is 322 g/mol. The molecule has 0 radical (unpaired) electrons. The summed E-state index contributed by atoms with van der Waals surface area (Å²) in [6, 6.07) is 1.03. The Labute approximate surface area is 148 Å². The highest BCUT2D eigenvalue weighted by Crippen LogP contribution is 2.45. The molecule has 24 heavy (non-hydrogen) atoms. The molecule has 132 valence electrons. The second-order valence-corrected chi connectivity index (χ2v) is 8.46. The van der Waals surface area contributed by atoms with Crippen LogP contribution < -0.4 is 0 Å². The van der Waals surface area contributed by atoms with E-state index in [2.05, 4.69) is 9.88 Å². The zero-order valence-corrected chi connectivity index (χ0v) is 15.3. The Hall–Kier alpha value is -0.980. The number of piperidine rings is 1. The summed E-state index contributed by atoms with van der Waals surface area (Å²) in [5.41, 5.74) is 2.61. The molecule has 6 heteroatoms. The third kappa shape index (κ3) is 3.00. The molecule has 5 nitrogen and oxygen atoms in total. The van der Waals surface area contributed by atoms with Crippen LogP contribution in [0, 0.1) is 5.41 Å². The summed E-state index contributed by atoms with van der Waals surface area (Å²) in [7, 11) is 1.73. The van der Waals surface area contributed by atoms with Crippen molar-refractivity contribution in [3.8, 4) is 0 Å². The van der Waals surface area contributed by atoms with Crippen molar-refractivity contribution in [2.45, 2.75) is 50.6 Å². The number of methoxy groups -OCH3 is 1. The molecule has 1 unspecified atom stereocenters. The maximum Gasteiger partial charge on any atom is 0.273 e. The Kier molecular flexibility index (Phi) is 4.62. The minimum Gasteiger partial charge on any atom is -0.383 e. The molecule has 1 spiro atoms. The van der Waals surface area contributed by atoms with Crippen molar-refractivity contribution in [2.24, 2.45) is 5.41 Å². The number of thiazole rings is 1. The highest BCUT2D eigenvalue weighted by atomic mass is 32.1. The van der Waals surface area contributed by atoms with Gasteiger partial charge in [0.05, 0.1) is 18.2 Å². The van der Waals surface area contributed by atoms with Gasteiger partial charge in [-0.25, -0.2) is 4.98 Å². The minimum absolute atomic E-state index is 0.0802. The van der Waals surface area contributed by atoms with Crippen molar-refractivity contribution in [1.82, 2.24) is 14.8 Å². The van der Waals surface area contributed by atoms with Gasteiger partial charge in [-0.15, -0.1) is 11.3 Å². The van der Waals surface area contributed by atoms with E-state index in [-0.39, 0.29) is 17.4 Å². The summed E-state index contributed by atoms with van der Waals surface area (Å²) in [5, 5.41) is 1.86. The number of hydrogen-bond donors (Lipinski definition) is 0. The largest absolute Gasteiger partial charge is 0.383 e. The van der Waals surface area contributed by atoms with E-state index in [1.807, 2.05) is 10.3 Å². The summed E-state index contributed by atoms with van der Waals surface area (Å²) in [6.07, 6.45) is 7.67. The molecule has 2 aliphatic heterocycles. The first-order valence-electron chi connectivity index (χ1n) is 9.13. The molecular formula is C18H27N3O2S. The van der Waals surface area contributed by atoms with Gasteiger partial charge in [-0.3, -0.25) is 4.79 Å². The third-order valence-corrected chi connectivity index (χ3v) is 6.92. The van der Waals surface area contributed by atoms with Gasteiger partial charge in [0.25, 0.3) is 5.91 Å². The molecule has 0 N–H and O–H groups in total. The maximum absolute atomic E-state index is 12.9. The number of hydrogen-bond acceptors (Lipinski definition) is 5. The normalized spacial score (nSPS) is 27.5. The zero-order chi connectivity index (χ0) is 16.6. The molecule has 0 bridgehead atoms. The van der Waals surface area contributed by atoms with Crippen LogP contribution in [0.15, 0.2) is 10.9 Å². The molecule has 4 rings (SSSR count). The lowest BCUT2D eigenvalue weighted by Crippen LogP contribution is -2.48. The van der Waals surface area contributed by atoms with E-state index in [1.165, 1.54) is 56.5 Å². The second-order valence-electron chi connectivity index (χ2n) is 7.74. The van der Waals surface area contributed by atoms with Crippen LogP contribution in [0.2, 0.25) is 0 Å². The van der Waals surface area contributed by atoms with Gasteiger partial charge >= 0.3 is 0 Å². The van der Waals surface area contributed by atoms with Crippen molar-refractivity contribution >= 4 is 17.2 Å². The van der Waals surface area contributed by atoms with Gasteiger partial charge in [0, 0.05) is 25.1 Å². The van der Waals surface area contributed by atoms with Gasteiger partial charge in [-0.2, -0.15) is 0 Å². The highest BCUT2D eigenvalue weighted by Gasteiger charge is 2.48. The summed E-state index contributed by atoms with van der Waals surface area (Å²) < 4.78 is 5.42. The predicted octanol–water partition coefficient (Wildman–Crippen LogP) is 2.64. The number of aromatic nitrogens is 1. The van der Waals surface area contributed by atoms with Crippen LogP contribution in [0.5, 0.6) is 0 Å². The molecule has 0 aromatic carbocycles. The van der Waals surface area contributed by atoms with E-state index in [0.717, 1.165) is 19.0 Å². The fourth-order valence-corrected chi connectivity index (χ4v) is 5.21. The average molecular weight is 350 g/mol. The lowest BCUT2D eigenvalue weighted by atomic mass is 9.75. The second kappa shape index (κ2) is 6.73. The Balaban J connectivity index is 1.45. The summed E-state index contributed by atoms with van der Waals surface area (Å²) in [4.78, 5) is 21.8. The molecule has 1 aromatic rings. The van der Waals surface area contributed by atoms with Gasteiger partial charge in [-0.1, -0.05) is 6.42 Å². The van der Waals surface area contributed by atoms with Crippen LogP contribution in [0.3, 0.4) is 0 Å². The molecule has 3 heterocycles. The standard InChI is InChI=1S/C18H27N3O2S/c1-23-10-15-9-18(5-7-20(8-6-18)14-3-2-4-14)12-21(15)17(22)16-11-24-13-19-16/h11,13-15H,2-10,12H2,1H3. The van der Waals surface area contributed by atoms with Crippen molar-refractivity contribution in [2.75, 3.05) is 33.4 Å². The monoisotopic (exact) mass is 349 g/mol. The van der Waals surface area contributed by atoms with E-state index in [9.17, 15) is 4.79 Å². The summed E-state index contributed by atoms with van der Waals surface area (Å²) in [6.45, 7) is 3.89. The molecule has 1 atom stereocenters. The lowest BCUT2D eigenvalue weighted by molar-refractivity contribution is 0.0444. The number of amides is 1. The molecule has 1 aromatic heterocycles. The van der Waals surface area contributed by atoms with Gasteiger partial charge in [0.15, 0.2) is 0 Å². The van der Waals surface area contributed by atoms with Crippen molar-refractivity contribution in [1.29, 1.82) is 0 Å². The van der Waals surface area contributed by atoms with Crippen LogP contribution in [0.25, 0.3) is 0 Å². The molecule has 3 aliphatic rings. The Morgan fingerprint density at radius 3 is 2.79 bits per heavy atom. The highest BCUT2D eigenvalue weighted by molar-refractivity contribution is 7.07. The fourth-order valence-electron chi connectivity index (χ4n) is 4.69. The molecule has 1 amide bonds. The third-order valence-electron chi connectivity index (χ3n) is 6.34. The smallest absolute Gasteiger partial charge is 0.273 e. The van der Waals surface area contributed by atoms with Gasteiger partial charge in [-0.05, 0) is 50.6 Å². The van der Waals surface area contributed by atoms with Gasteiger partial charge < -0.3 is 14.5 Å². The van der Waals surface area contributed by atoms with Gasteiger partial charge in [0.2, 0.25) is 0 Å². The SMILES string of the molecule is COCC1CC2(CCN(C3CCC3)CC2)CN1C(=O)c1cscn1. The molecule has 3 fully saturated rings. The van der Waals surface area contributed by atoms with E-state index in [1.54, 1.807) is 12.6 Å².